The maximum absolute atomic E-state index is 6.33. The maximum Gasteiger partial charge on any atom is 0.118 e. The molecule has 3 nitrogen and oxygen atoms in total. The minimum absolute atomic E-state index is 0.0550. The lowest BCUT2D eigenvalue weighted by Gasteiger charge is -2.33. The topological polar surface area (TPSA) is 21.7 Å². The summed E-state index contributed by atoms with van der Waals surface area (Å²) in [5.74, 6) is 1.50. The Morgan fingerprint density at radius 2 is 1.93 bits per heavy atom. The Morgan fingerprint density at radius 1 is 1.17 bits per heavy atom. The van der Waals surface area contributed by atoms with Gasteiger partial charge in [-0.05, 0) is 73.5 Å². The summed E-state index contributed by atoms with van der Waals surface area (Å²) in [6.07, 6.45) is 6.35. The molecule has 0 N–H and O–H groups in total. The van der Waals surface area contributed by atoms with Gasteiger partial charge in [0.1, 0.15) is 5.75 Å². The lowest BCUT2D eigenvalue weighted by molar-refractivity contribution is 0.00932. The van der Waals surface area contributed by atoms with Crippen molar-refractivity contribution in [3.63, 3.8) is 0 Å². The van der Waals surface area contributed by atoms with Crippen LogP contribution in [0.5, 0.6) is 5.75 Å². The first-order valence-electron chi connectivity index (χ1n) is 10.5. The number of nitrogens with zero attached hydrogens (tertiary/aromatic N) is 1. The smallest absolute Gasteiger partial charge is 0.118 e. The molecule has 2 unspecified atom stereocenters. The van der Waals surface area contributed by atoms with Gasteiger partial charge in [0.2, 0.25) is 0 Å². The predicted octanol–water partition coefficient (Wildman–Crippen LogP) is 5.94. The van der Waals surface area contributed by atoms with Gasteiger partial charge in [0.25, 0.3) is 0 Å². The van der Waals surface area contributed by atoms with Crippen molar-refractivity contribution in [2.75, 3.05) is 33.4 Å². The summed E-state index contributed by atoms with van der Waals surface area (Å²) in [5.41, 5.74) is 2.53. The number of rotatable bonds is 10. The van der Waals surface area contributed by atoms with Gasteiger partial charge in [-0.2, -0.15) is 0 Å². The molecule has 2 aromatic rings. The van der Waals surface area contributed by atoms with Crippen molar-refractivity contribution in [2.45, 2.75) is 31.8 Å². The standard InChI is InChI=1S/C25H32ClNO2/c1-3-5-25(22-9-11-23(26)12-10-22)29-19-21-6-4-16-27(18-21)17-15-20-7-13-24(28-2)14-8-20/h3,7-14,21,25H,1,4-6,15-19H2,2H3. The highest BCUT2D eigenvalue weighted by molar-refractivity contribution is 6.30. The molecule has 156 valence electrons. The molecule has 1 heterocycles. The second-order valence-corrected chi connectivity index (χ2v) is 8.24. The predicted molar refractivity (Wildman–Crippen MR) is 121 cm³/mol. The number of ether oxygens (including phenoxy) is 2. The largest absolute Gasteiger partial charge is 0.497 e. The van der Waals surface area contributed by atoms with Crippen LogP contribution in [0.2, 0.25) is 5.02 Å². The molecule has 0 spiro atoms. The van der Waals surface area contributed by atoms with Crippen molar-refractivity contribution >= 4 is 11.6 Å². The van der Waals surface area contributed by atoms with Crippen molar-refractivity contribution in [2.24, 2.45) is 5.92 Å². The van der Waals surface area contributed by atoms with Crippen LogP contribution in [-0.4, -0.2) is 38.3 Å². The highest BCUT2D eigenvalue weighted by Gasteiger charge is 2.21. The average molecular weight is 414 g/mol. The van der Waals surface area contributed by atoms with Crippen LogP contribution >= 0.6 is 11.6 Å². The number of hydrogen-bond acceptors (Lipinski definition) is 3. The van der Waals surface area contributed by atoms with Crippen LogP contribution in [0.25, 0.3) is 0 Å². The summed E-state index contributed by atoms with van der Waals surface area (Å²) in [5, 5.41) is 0.755. The van der Waals surface area contributed by atoms with Gasteiger partial charge in [0.05, 0.1) is 19.8 Å². The molecule has 1 fully saturated rings. The van der Waals surface area contributed by atoms with Crippen molar-refractivity contribution in [3.05, 3.63) is 77.3 Å². The van der Waals surface area contributed by atoms with E-state index in [-0.39, 0.29) is 6.10 Å². The van der Waals surface area contributed by atoms with E-state index in [1.54, 1.807) is 7.11 Å². The molecule has 1 saturated heterocycles. The minimum atomic E-state index is 0.0550. The average Bonchev–Trinajstić information content (AvgIpc) is 2.76. The van der Waals surface area contributed by atoms with E-state index in [1.807, 2.05) is 30.3 Å². The van der Waals surface area contributed by atoms with Gasteiger partial charge in [-0.25, -0.2) is 0 Å². The third-order valence-corrected chi connectivity index (χ3v) is 5.89. The molecule has 1 aliphatic heterocycles. The number of hydrogen-bond donors (Lipinski definition) is 0. The van der Waals surface area contributed by atoms with Crippen molar-refractivity contribution in [1.29, 1.82) is 0 Å². The molecule has 0 aliphatic carbocycles. The number of halogens is 1. The lowest BCUT2D eigenvalue weighted by atomic mass is 9.98. The Labute approximate surface area is 180 Å². The number of methoxy groups -OCH3 is 1. The summed E-state index contributed by atoms with van der Waals surface area (Å²) in [4.78, 5) is 2.58. The Bertz CT molecular complexity index is 744. The summed E-state index contributed by atoms with van der Waals surface area (Å²) < 4.78 is 11.6. The van der Waals surface area contributed by atoms with Gasteiger partial charge >= 0.3 is 0 Å². The molecule has 2 atom stereocenters. The van der Waals surface area contributed by atoms with E-state index in [0.29, 0.717) is 5.92 Å². The number of piperidine rings is 1. The molecule has 0 saturated carbocycles. The van der Waals surface area contributed by atoms with Crippen LogP contribution in [-0.2, 0) is 11.2 Å². The Hall–Kier alpha value is -1.81. The van der Waals surface area contributed by atoms with E-state index in [1.165, 1.54) is 30.5 Å². The molecule has 2 aromatic carbocycles. The van der Waals surface area contributed by atoms with Crippen molar-refractivity contribution < 1.29 is 9.47 Å². The molecule has 4 heteroatoms. The summed E-state index contributed by atoms with van der Waals surface area (Å²) >= 11 is 6.02. The molecule has 1 aliphatic rings. The van der Waals surface area contributed by atoms with Gasteiger partial charge in [0.15, 0.2) is 0 Å². The molecule has 0 amide bonds. The third-order valence-electron chi connectivity index (χ3n) is 5.63. The number of likely N-dealkylation sites (tertiary alicyclic amines) is 1. The first kappa shape index (κ1) is 21.9. The monoisotopic (exact) mass is 413 g/mol. The molecule has 0 aromatic heterocycles. The lowest BCUT2D eigenvalue weighted by Crippen LogP contribution is -2.38. The first-order valence-corrected chi connectivity index (χ1v) is 10.9. The van der Waals surface area contributed by atoms with Gasteiger partial charge in [0, 0.05) is 18.1 Å². The van der Waals surface area contributed by atoms with Crippen molar-refractivity contribution in [3.8, 4) is 5.75 Å². The molecule has 3 rings (SSSR count). The molecular formula is C25H32ClNO2. The second-order valence-electron chi connectivity index (χ2n) is 7.80. The van der Waals surface area contributed by atoms with Crippen LogP contribution in [0, 0.1) is 5.92 Å². The highest BCUT2D eigenvalue weighted by Crippen LogP contribution is 2.26. The first-order chi connectivity index (χ1) is 14.2. The Morgan fingerprint density at radius 3 is 2.62 bits per heavy atom. The zero-order chi connectivity index (χ0) is 20.5. The van der Waals surface area contributed by atoms with Gasteiger partial charge in [-0.3, -0.25) is 0 Å². The van der Waals surface area contributed by atoms with Gasteiger partial charge in [-0.15, -0.1) is 6.58 Å². The Kier molecular flexibility index (Phi) is 8.60. The summed E-state index contributed by atoms with van der Waals surface area (Å²) in [6, 6.07) is 16.4. The minimum Gasteiger partial charge on any atom is -0.497 e. The molecule has 0 radical (unpaired) electrons. The van der Waals surface area contributed by atoms with Crippen LogP contribution in [0.3, 0.4) is 0 Å². The van der Waals surface area contributed by atoms with Gasteiger partial charge in [-0.1, -0.05) is 41.9 Å². The second kappa shape index (κ2) is 11.4. The maximum atomic E-state index is 6.33. The van der Waals surface area contributed by atoms with Crippen molar-refractivity contribution in [1.82, 2.24) is 4.90 Å². The van der Waals surface area contributed by atoms with E-state index in [2.05, 4.69) is 35.7 Å². The SMILES string of the molecule is C=CCC(OCC1CCCN(CCc2ccc(OC)cc2)C1)c1ccc(Cl)cc1. The van der Waals surface area contributed by atoms with E-state index >= 15 is 0 Å². The molecule has 0 bridgehead atoms. The fourth-order valence-corrected chi connectivity index (χ4v) is 4.08. The Balaban J connectivity index is 1.47. The number of benzene rings is 2. The van der Waals surface area contributed by atoms with E-state index in [9.17, 15) is 0 Å². The molecular weight excluding hydrogens is 382 g/mol. The fourth-order valence-electron chi connectivity index (χ4n) is 3.95. The van der Waals surface area contributed by atoms with Crippen LogP contribution in [0.4, 0.5) is 0 Å². The highest BCUT2D eigenvalue weighted by atomic mass is 35.5. The van der Waals surface area contributed by atoms with E-state index < -0.39 is 0 Å². The van der Waals surface area contributed by atoms with Crippen LogP contribution < -0.4 is 4.74 Å². The van der Waals surface area contributed by atoms with E-state index in [0.717, 1.165) is 43.3 Å². The third kappa shape index (κ3) is 6.88. The van der Waals surface area contributed by atoms with E-state index in [4.69, 9.17) is 21.1 Å². The summed E-state index contributed by atoms with van der Waals surface area (Å²) in [6.45, 7) is 8.07. The zero-order valence-electron chi connectivity index (χ0n) is 17.4. The molecule has 29 heavy (non-hydrogen) atoms. The fraction of sp³-hybridized carbons (Fsp3) is 0.440. The van der Waals surface area contributed by atoms with Crippen LogP contribution in [0.1, 0.15) is 36.5 Å². The van der Waals surface area contributed by atoms with Gasteiger partial charge < -0.3 is 14.4 Å². The summed E-state index contributed by atoms with van der Waals surface area (Å²) in [7, 11) is 1.71. The zero-order valence-corrected chi connectivity index (χ0v) is 18.1. The quantitative estimate of drug-likeness (QED) is 0.450. The normalized spacial score (nSPS) is 18.3. The van der Waals surface area contributed by atoms with Crippen LogP contribution in [0.15, 0.2) is 61.2 Å².